The maximum absolute atomic E-state index is 12.4. The molecule has 3 aromatic rings. The SMILES string of the molecule is CCCCCCCCOC(=O)c1ccccc1C(=O)OCCCCCCCC.O=C(O)c1ccc2cc(C(=O)O)ccc2c1. The lowest BCUT2D eigenvalue weighted by Crippen LogP contribution is -2.15. The highest BCUT2D eigenvalue weighted by Crippen LogP contribution is 2.18. The van der Waals surface area contributed by atoms with E-state index >= 15 is 0 Å². The van der Waals surface area contributed by atoms with E-state index in [4.69, 9.17) is 19.7 Å². The van der Waals surface area contributed by atoms with Gasteiger partial charge in [0.05, 0.1) is 35.5 Å². The van der Waals surface area contributed by atoms with Crippen molar-refractivity contribution in [1.29, 1.82) is 0 Å². The lowest BCUT2D eigenvalue weighted by molar-refractivity contribution is 0.0450. The Labute approximate surface area is 260 Å². The first-order chi connectivity index (χ1) is 21.3. The number of aromatic carboxylic acids is 2. The molecule has 3 aromatic carbocycles. The van der Waals surface area contributed by atoms with Gasteiger partial charge in [0, 0.05) is 0 Å². The summed E-state index contributed by atoms with van der Waals surface area (Å²) in [6, 6.07) is 15.9. The molecule has 0 aromatic heterocycles. The average Bonchev–Trinajstić information content (AvgIpc) is 3.03. The van der Waals surface area contributed by atoms with Crippen molar-refractivity contribution >= 4 is 34.6 Å². The highest BCUT2D eigenvalue weighted by Gasteiger charge is 2.18. The van der Waals surface area contributed by atoms with Crippen LogP contribution in [0.15, 0.2) is 60.7 Å². The molecule has 238 valence electrons. The highest BCUT2D eigenvalue weighted by atomic mass is 16.5. The van der Waals surface area contributed by atoms with Crippen molar-refractivity contribution in [3.8, 4) is 0 Å². The summed E-state index contributed by atoms with van der Waals surface area (Å²) in [5.74, 6) is -2.88. The van der Waals surface area contributed by atoms with Crippen LogP contribution in [0.4, 0.5) is 0 Å². The summed E-state index contributed by atoms with van der Waals surface area (Å²) < 4.78 is 10.7. The molecule has 0 aliphatic heterocycles. The molecule has 2 N–H and O–H groups in total. The quantitative estimate of drug-likeness (QED) is 0.108. The van der Waals surface area contributed by atoms with Gasteiger partial charge in [0.2, 0.25) is 0 Å². The van der Waals surface area contributed by atoms with E-state index in [1.807, 2.05) is 0 Å². The van der Waals surface area contributed by atoms with Crippen LogP contribution in [-0.4, -0.2) is 47.3 Å². The minimum atomic E-state index is -0.996. The number of hydrogen-bond acceptors (Lipinski definition) is 6. The lowest BCUT2D eigenvalue weighted by Gasteiger charge is -2.10. The first-order valence-electron chi connectivity index (χ1n) is 15.7. The number of carboxylic acid groups (broad SMARTS) is 2. The van der Waals surface area contributed by atoms with Gasteiger partial charge in [-0.15, -0.1) is 0 Å². The van der Waals surface area contributed by atoms with E-state index in [1.165, 1.54) is 75.6 Å². The summed E-state index contributed by atoms with van der Waals surface area (Å²) in [5, 5.41) is 19.0. The molecule has 0 unspecified atom stereocenters. The number of carbonyl (C=O) groups is 4. The number of rotatable bonds is 18. The number of carboxylic acids is 2. The molecule has 0 aliphatic rings. The summed E-state index contributed by atoms with van der Waals surface area (Å²) in [7, 11) is 0. The summed E-state index contributed by atoms with van der Waals surface area (Å²) in [4.78, 5) is 46.2. The van der Waals surface area contributed by atoms with Crippen LogP contribution >= 0.6 is 0 Å². The van der Waals surface area contributed by atoms with Gasteiger partial charge in [0.25, 0.3) is 0 Å². The number of unbranched alkanes of at least 4 members (excludes halogenated alkanes) is 10. The number of esters is 2. The van der Waals surface area contributed by atoms with E-state index < -0.39 is 23.9 Å². The fourth-order valence-electron chi connectivity index (χ4n) is 4.60. The Hall–Kier alpha value is -4.20. The number of benzene rings is 3. The van der Waals surface area contributed by atoms with Crippen LogP contribution in [0.3, 0.4) is 0 Å². The fourth-order valence-corrected chi connectivity index (χ4v) is 4.60. The van der Waals surface area contributed by atoms with Gasteiger partial charge in [-0.3, -0.25) is 0 Å². The summed E-state index contributed by atoms with van der Waals surface area (Å²) in [5.41, 5.74) is 0.967. The van der Waals surface area contributed by atoms with E-state index in [0.29, 0.717) is 35.1 Å². The number of hydrogen-bond donors (Lipinski definition) is 2. The Kier molecular flexibility index (Phi) is 16.9. The van der Waals surface area contributed by atoms with Crippen molar-refractivity contribution in [1.82, 2.24) is 0 Å². The summed E-state index contributed by atoms with van der Waals surface area (Å²) in [6.07, 6.45) is 13.6. The van der Waals surface area contributed by atoms with Crippen molar-refractivity contribution in [2.24, 2.45) is 0 Å². The van der Waals surface area contributed by atoms with E-state index in [0.717, 1.165) is 25.7 Å². The Balaban J connectivity index is 0.000000354. The molecular weight excluding hydrogens is 560 g/mol. The van der Waals surface area contributed by atoms with E-state index in [-0.39, 0.29) is 11.1 Å². The maximum atomic E-state index is 12.4. The minimum Gasteiger partial charge on any atom is -0.478 e. The number of ether oxygens (including phenoxy) is 2. The minimum absolute atomic E-state index is 0.190. The molecule has 0 radical (unpaired) electrons. The molecule has 0 atom stereocenters. The Bertz CT molecular complexity index is 1240. The van der Waals surface area contributed by atoms with E-state index in [2.05, 4.69) is 13.8 Å². The molecule has 8 nitrogen and oxygen atoms in total. The van der Waals surface area contributed by atoms with Crippen LogP contribution in [0.1, 0.15) is 132 Å². The Morgan fingerprint density at radius 1 is 0.523 bits per heavy atom. The molecule has 0 spiro atoms. The van der Waals surface area contributed by atoms with Crippen LogP contribution < -0.4 is 0 Å². The molecule has 3 rings (SSSR count). The molecule has 0 fully saturated rings. The van der Waals surface area contributed by atoms with Crippen molar-refractivity contribution in [2.75, 3.05) is 13.2 Å². The molecule has 0 saturated carbocycles. The third kappa shape index (κ3) is 13.0. The number of fused-ring (bicyclic) bond motifs is 1. The lowest BCUT2D eigenvalue weighted by atomic mass is 10.0. The predicted octanol–water partition coefficient (Wildman–Crippen LogP) is 8.96. The maximum Gasteiger partial charge on any atom is 0.339 e. The normalized spacial score (nSPS) is 10.5. The van der Waals surface area contributed by atoms with E-state index in [9.17, 15) is 19.2 Å². The molecule has 0 aliphatic carbocycles. The monoisotopic (exact) mass is 606 g/mol. The van der Waals surface area contributed by atoms with Gasteiger partial charge in [-0.05, 0) is 60.0 Å². The zero-order valence-electron chi connectivity index (χ0n) is 26.0. The van der Waals surface area contributed by atoms with Crippen LogP contribution in [0, 0.1) is 0 Å². The largest absolute Gasteiger partial charge is 0.478 e. The van der Waals surface area contributed by atoms with Gasteiger partial charge < -0.3 is 19.7 Å². The smallest absolute Gasteiger partial charge is 0.339 e. The zero-order valence-corrected chi connectivity index (χ0v) is 26.0. The topological polar surface area (TPSA) is 127 Å². The van der Waals surface area contributed by atoms with Gasteiger partial charge in [-0.2, -0.15) is 0 Å². The van der Waals surface area contributed by atoms with Crippen LogP contribution in [0.5, 0.6) is 0 Å². The van der Waals surface area contributed by atoms with Crippen molar-refractivity contribution < 1.29 is 38.9 Å². The first kappa shape index (κ1) is 36.0. The fraction of sp³-hybridized carbons (Fsp3) is 0.444. The van der Waals surface area contributed by atoms with Crippen molar-refractivity contribution in [3.63, 3.8) is 0 Å². The van der Waals surface area contributed by atoms with Crippen molar-refractivity contribution in [3.05, 3.63) is 82.9 Å². The average molecular weight is 607 g/mol. The van der Waals surface area contributed by atoms with Crippen LogP contribution in [0.2, 0.25) is 0 Å². The van der Waals surface area contributed by atoms with Crippen molar-refractivity contribution in [2.45, 2.75) is 90.9 Å². The molecule has 0 bridgehead atoms. The molecule has 8 heteroatoms. The van der Waals surface area contributed by atoms with Gasteiger partial charge in [-0.25, -0.2) is 19.2 Å². The number of carbonyl (C=O) groups excluding carboxylic acids is 2. The van der Waals surface area contributed by atoms with Gasteiger partial charge in [-0.1, -0.05) is 102 Å². The van der Waals surface area contributed by atoms with Gasteiger partial charge in [0.1, 0.15) is 0 Å². The van der Waals surface area contributed by atoms with Gasteiger partial charge >= 0.3 is 23.9 Å². The molecule has 0 amide bonds. The summed E-state index contributed by atoms with van der Waals surface area (Å²) >= 11 is 0. The molecule has 44 heavy (non-hydrogen) atoms. The molecule has 0 saturated heterocycles. The Morgan fingerprint density at radius 3 is 1.25 bits per heavy atom. The zero-order chi connectivity index (χ0) is 32.2. The van der Waals surface area contributed by atoms with Crippen LogP contribution in [-0.2, 0) is 9.47 Å². The third-order valence-electron chi connectivity index (χ3n) is 7.16. The second kappa shape index (κ2) is 20.7. The van der Waals surface area contributed by atoms with Crippen LogP contribution in [0.25, 0.3) is 10.8 Å². The predicted molar refractivity (Wildman–Crippen MR) is 172 cm³/mol. The highest BCUT2D eigenvalue weighted by molar-refractivity contribution is 6.03. The van der Waals surface area contributed by atoms with E-state index in [1.54, 1.807) is 36.4 Å². The molecular formula is C36H46O8. The first-order valence-corrected chi connectivity index (χ1v) is 15.7. The Morgan fingerprint density at radius 2 is 0.886 bits per heavy atom. The summed E-state index contributed by atoms with van der Waals surface area (Å²) in [6.45, 7) is 5.17. The second-order valence-electron chi connectivity index (χ2n) is 10.7. The van der Waals surface area contributed by atoms with Gasteiger partial charge in [0.15, 0.2) is 0 Å². The standard InChI is InChI=1S/C24H38O4.C12H8O4/c1-3-5-7-9-11-15-19-27-23(25)21-17-13-14-18-22(21)24(26)28-20-16-12-10-8-6-4-2;13-11(14)9-3-1-7-5-10(12(15)16)4-2-8(7)6-9/h13-14,17-18H,3-12,15-16,19-20H2,1-2H3;1-6H,(H,13,14)(H,15,16). The molecule has 0 heterocycles. The second-order valence-corrected chi connectivity index (χ2v) is 10.7. The third-order valence-corrected chi connectivity index (χ3v) is 7.16.